The third-order valence-electron chi connectivity index (χ3n) is 6.36. The standard InChI is InChI=1S/C24H33N3O2.ClH/c28-24(22-8-6-12-25-19-22)10-15-27(16-11-24)20-21-7-2-3-9-23(21)29-18-17-26-13-4-1-5-14-26;/h2-3,6-9,12,19,28H,1,4-5,10-11,13-18,20H2;1H. The van der Waals surface area contributed by atoms with Gasteiger partial charge in [0.05, 0.1) is 5.60 Å². The minimum Gasteiger partial charge on any atom is -0.492 e. The molecule has 0 radical (unpaired) electrons. The van der Waals surface area contributed by atoms with Crippen molar-refractivity contribution in [3.05, 3.63) is 59.9 Å². The summed E-state index contributed by atoms with van der Waals surface area (Å²) in [5, 5.41) is 11.0. The van der Waals surface area contributed by atoms with Gasteiger partial charge in [-0.15, -0.1) is 12.4 Å². The van der Waals surface area contributed by atoms with Crippen molar-refractivity contribution in [1.29, 1.82) is 0 Å². The maximum atomic E-state index is 11.0. The van der Waals surface area contributed by atoms with Gasteiger partial charge in [-0.3, -0.25) is 14.8 Å². The third-order valence-corrected chi connectivity index (χ3v) is 6.36. The summed E-state index contributed by atoms with van der Waals surface area (Å²) < 4.78 is 6.17. The van der Waals surface area contributed by atoms with Crippen molar-refractivity contribution in [3.63, 3.8) is 0 Å². The number of rotatable bonds is 7. The minimum absolute atomic E-state index is 0. The van der Waals surface area contributed by atoms with E-state index < -0.39 is 5.60 Å². The molecule has 0 aliphatic carbocycles. The van der Waals surface area contributed by atoms with Crippen LogP contribution in [0.15, 0.2) is 48.8 Å². The molecular formula is C24H34ClN3O2. The van der Waals surface area contributed by atoms with Gasteiger partial charge in [0, 0.05) is 49.7 Å². The summed E-state index contributed by atoms with van der Waals surface area (Å²) in [4.78, 5) is 9.10. The Morgan fingerprint density at radius 3 is 2.43 bits per heavy atom. The molecule has 0 amide bonds. The first kappa shape index (κ1) is 23.0. The summed E-state index contributed by atoms with van der Waals surface area (Å²) in [6.07, 6.45) is 9.01. The van der Waals surface area contributed by atoms with E-state index in [9.17, 15) is 5.11 Å². The molecule has 1 aromatic carbocycles. The van der Waals surface area contributed by atoms with Crippen LogP contribution in [0.4, 0.5) is 0 Å². The molecule has 0 bridgehead atoms. The fraction of sp³-hybridized carbons (Fsp3) is 0.542. The summed E-state index contributed by atoms with van der Waals surface area (Å²) in [7, 11) is 0. The Morgan fingerprint density at radius 1 is 0.933 bits per heavy atom. The number of benzene rings is 1. The number of likely N-dealkylation sites (tertiary alicyclic amines) is 2. The molecule has 0 atom stereocenters. The first-order valence-electron chi connectivity index (χ1n) is 11.0. The Hall–Kier alpha value is -1.66. The number of hydrogen-bond acceptors (Lipinski definition) is 5. The molecule has 2 fully saturated rings. The van der Waals surface area contributed by atoms with Gasteiger partial charge in [-0.1, -0.05) is 30.7 Å². The monoisotopic (exact) mass is 431 g/mol. The van der Waals surface area contributed by atoms with Gasteiger partial charge in [0.1, 0.15) is 12.4 Å². The highest BCUT2D eigenvalue weighted by Crippen LogP contribution is 2.33. The molecule has 2 aliphatic heterocycles. The number of halogens is 1. The van der Waals surface area contributed by atoms with Crippen LogP contribution in [0.1, 0.15) is 43.2 Å². The average molecular weight is 432 g/mol. The highest BCUT2D eigenvalue weighted by molar-refractivity contribution is 5.85. The number of para-hydroxylation sites is 1. The molecule has 5 nitrogen and oxygen atoms in total. The molecule has 2 aromatic rings. The first-order chi connectivity index (χ1) is 14.2. The molecule has 1 aromatic heterocycles. The highest BCUT2D eigenvalue weighted by atomic mass is 35.5. The SMILES string of the molecule is Cl.OC1(c2cccnc2)CCN(Cc2ccccc2OCCN2CCCCC2)CC1. The predicted molar refractivity (Wildman–Crippen MR) is 122 cm³/mol. The predicted octanol–water partition coefficient (Wildman–Crippen LogP) is 3.85. The molecule has 4 rings (SSSR count). The van der Waals surface area contributed by atoms with Crippen LogP contribution in [-0.2, 0) is 12.1 Å². The number of aliphatic hydroxyl groups is 1. The molecule has 2 aliphatic rings. The molecule has 2 saturated heterocycles. The van der Waals surface area contributed by atoms with Gasteiger partial charge < -0.3 is 9.84 Å². The molecule has 164 valence electrons. The van der Waals surface area contributed by atoms with Gasteiger partial charge in [0.2, 0.25) is 0 Å². The van der Waals surface area contributed by atoms with Gasteiger partial charge in [-0.2, -0.15) is 0 Å². The molecule has 0 spiro atoms. The second kappa shape index (κ2) is 11.1. The number of pyridine rings is 1. The Morgan fingerprint density at radius 2 is 1.70 bits per heavy atom. The summed E-state index contributed by atoms with van der Waals surface area (Å²) in [5.74, 6) is 0.998. The van der Waals surface area contributed by atoms with E-state index in [1.165, 1.54) is 37.9 Å². The fourth-order valence-electron chi connectivity index (χ4n) is 4.49. The third kappa shape index (κ3) is 5.94. The van der Waals surface area contributed by atoms with Crippen molar-refractivity contribution in [2.24, 2.45) is 0 Å². The largest absolute Gasteiger partial charge is 0.492 e. The van der Waals surface area contributed by atoms with Crippen LogP contribution in [-0.4, -0.2) is 59.2 Å². The molecule has 1 N–H and O–H groups in total. The van der Waals surface area contributed by atoms with E-state index in [2.05, 4.69) is 39.0 Å². The number of hydrogen-bond donors (Lipinski definition) is 1. The van der Waals surface area contributed by atoms with E-state index in [1.807, 2.05) is 12.1 Å². The summed E-state index contributed by atoms with van der Waals surface area (Å²) in [6, 6.07) is 12.3. The normalized spacial score (nSPS) is 19.8. The topological polar surface area (TPSA) is 48.8 Å². The van der Waals surface area contributed by atoms with Crippen molar-refractivity contribution in [3.8, 4) is 5.75 Å². The van der Waals surface area contributed by atoms with Crippen molar-refractivity contribution >= 4 is 12.4 Å². The van der Waals surface area contributed by atoms with Crippen molar-refractivity contribution in [1.82, 2.24) is 14.8 Å². The van der Waals surface area contributed by atoms with E-state index in [-0.39, 0.29) is 12.4 Å². The van der Waals surface area contributed by atoms with Crippen molar-refractivity contribution in [2.75, 3.05) is 39.3 Å². The van der Waals surface area contributed by atoms with Gasteiger partial charge in [0.15, 0.2) is 0 Å². The van der Waals surface area contributed by atoms with E-state index in [0.717, 1.165) is 56.9 Å². The maximum absolute atomic E-state index is 11.0. The van der Waals surface area contributed by atoms with Crippen LogP contribution in [0.2, 0.25) is 0 Å². The molecule has 3 heterocycles. The summed E-state index contributed by atoms with van der Waals surface area (Å²) >= 11 is 0. The zero-order chi connectivity index (χ0) is 19.9. The van der Waals surface area contributed by atoms with E-state index in [0.29, 0.717) is 0 Å². The average Bonchev–Trinajstić information content (AvgIpc) is 2.78. The quantitative estimate of drug-likeness (QED) is 0.721. The van der Waals surface area contributed by atoms with Gasteiger partial charge in [-0.05, 0) is 50.9 Å². The highest BCUT2D eigenvalue weighted by Gasteiger charge is 2.34. The van der Waals surface area contributed by atoms with Gasteiger partial charge in [-0.25, -0.2) is 0 Å². The number of aromatic nitrogens is 1. The molecule has 6 heteroatoms. The van der Waals surface area contributed by atoms with E-state index >= 15 is 0 Å². The van der Waals surface area contributed by atoms with Gasteiger partial charge >= 0.3 is 0 Å². The van der Waals surface area contributed by atoms with E-state index in [4.69, 9.17) is 4.74 Å². The molecule has 0 unspecified atom stereocenters. The van der Waals surface area contributed by atoms with Crippen molar-refractivity contribution in [2.45, 2.75) is 44.2 Å². The second-order valence-corrected chi connectivity index (χ2v) is 8.41. The lowest BCUT2D eigenvalue weighted by atomic mass is 9.85. The van der Waals surface area contributed by atoms with Crippen LogP contribution >= 0.6 is 12.4 Å². The van der Waals surface area contributed by atoms with Crippen molar-refractivity contribution < 1.29 is 9.84 Å². The summed E-state index contributed by atoms with van der Waals surface area (Å²) in [5.41, 5.74) is 1.41. The number of nitrogens with zero attached hydrogens (tertiary/aromatic N) is 3. The minimum atomic E-state index is -0.755. The fourth-order valence-corrected chi connectivity index (χ4v) is 4.49. The van der Waals surface area contributed by atoms with Crippen LogP contribution in [0.5, 0.6) is 5.75 Å². The van der Waals surface area contributed by atoms with Crippen LogP contribution in [0.25, 0.3) is 0 Å². The Labute approximate surface area is 186 Å². The lowest BCUT2D eigenvalue weighted by molar-refractivity contribution is -0.0281. The van der Waals surface area contributed by atoms with Crippen LogP contribution < -0.4 is 4.74 Å². The molecule has 0 saturated carbocycles. The first-order valence-corrected chi connectivity index (χ1v) is 11.0. The lowest BCUT2D eigenvalue weighted by Gasteiger charge is -2.38. The Bertz CT molecular complexity index is 760. The smallest absolute Gasteiger partial charge is 0.123 e. The van der Waals surface area contributed by atoms with Crippen LogP contribution in [0, 0.1) is 0 Å². The molecule has 30 heavy (non-hydrogen) atoms. The molecular weight excluding hydrogens is 398 g/mol. The zero-order valence-electron chi connectivity index (χ0n) is 17.7. The Kier molecular flexibility index (Phi) is 8.51. The number of piperidine rings is 2. The Balaban J connectivity index is 0.00000256. The van der Waals surface area contributed by atoms with E-state index in [1.54, 1.807) is 12.4 Å². The number of ether oxygens (including phenoxy) is 1. The maximum Gasteiger partial charge on any atom is 0.123 e. The van der Waals surface area contributed by atoms with Gasteiger partial charge in [0.25, 0.3) is 0 Å². The second-order valence-electron chi connectivity index (χ2n) is 8.41. The van der Waals surface area contributed by atoms with Crippen LogP contribution in [0.3, 0.4) is 0 Å². The summed E-state index contributed by atoms with van der Waals surface area (Å²) in [6.45, 7) is 6.77. The zero-order valence-corrected chi connectivity index (χ0v) is 18.5. The lowest BCUT2D eigenvalue weighted by Crippen LogP contribution is -2.42.